The number of aromatic nitrogens is 5. The largest absolute Gasteiger partial charge is 0.444 e. The Balaban J connectivity index is 1.36. The number of rotatable bonds is 5. The molecule has 3 aromatic heterocycles. The molecular weight excluding hydrogens is 565 g/mol. The lowest BCUT2D eigenvalue weighted by Crippen LogP contribution is -2.42. The van der Waals surface area contributed by atoms with Crippen LogP contribution in [0, 0.1) is 0 Å². The predicted octanol–water partition coefficient (Wildman–Crippen LogP) is 6.72. The maximum Gasteiger partial charge on any atom is 0.410 e. The molecule has 216 valence electrons. The van der Waals surface area contributed by atoms with Crippen molar-refractivity contribution < 1.29 is 9.53 Å². The van der Waals surface area contributed by atoms with Gasteiger partial charge in [-0.15, -0.1) is 0 Å². The van der Waals surface area contributed by atoms with Crippen molar-refractivity contribution in [3.8, 4) is 5.69 Å². The molecule has 1 saturated heterocycles. The molecule has 1 N–H and O–H groups in total. The molecule has 1 aromatic carbocycles. The Hall–Kier alpha value is -3.63. The van der Waals surface area contributed by atoms with E-state index in [0.29, 0.717) is 45.7 Å². The molecule has 41 heavy (non-hydrogen) atoms. The Morgan fingerprint density at radius 2 is 1.78 bits per heavy atom. The fraction of sp³-hybridized carbons (Fsp3) is 0.414. The lowest BCUT2D eigenvalue weighted by Gasteiger charge is -2.33. The molecule has 0 saturated carbocycles. The van der Waals surface area contributed by atoms with Crippen molar-refractivity contribution in [3.05, 3.63) is 68.9 Å². The van der Waals surface area contributed by atoms with E-state index in [1.54, 1.807) is 35.5 Å². The Morgan fingerprint density at radius 3 is 2.41 bits per heavy atom. The van der Waals surface area contributed by atoms with Gasteiger partial charge in [0, 0.05) is 31.7 Å². The molecule has 0 spiro atoms. The zero-order chi connectivity index (χ0) is 29.5. The number of nitrogens with one attached hydrogen (secondary N) is 1. The zero-order valence-electron chi connectivity index (χ0n) is 23.7. The fourth-order valence-corrected chi connectivity index (χ4v) is 5.47. The number of anilines is 2. The quantitative estimate of drug-likeness (QED) is 0.272. The molecule has 0 aliphatic carbocycles. The second-order valence-corrected chi connectivity index (χ2v) is 12.3. The van der Waals surface area contributed by atoms with Crippen molar-refractivity contribution in [1.82, 2.24) is 29.2 Å². The monoisotopic (exact) mass is 597 g/mol. The number of halogens is 2. The van der Waals surface area contributed by atoms with Crippen LogP contribution in [0.25, 0.3) is 16.6 Å². The number of fused-ring (bicyclic) bond motifs is 1. The van der Waals surface area contributed by atoms with Crippen LogP contribution in [0.15, 0.2) is 47.8 Å². The molecule has 1 amide bonds. The third kappa shape index (κ3) is 6.18. The fourth-order valence-electron chi connectivity index (χ4n) is 4.89. The van der Waals surface area contributed by atoms with Gasteiger partial charge in [0.25, 0.3) is 5.56 Å². The van der Waals surface area contributed by atoms with Gasteiger partial charge in [-0.1, -0.05) is 43.1 Å². The number of nitrogens with zero attached hydrogens (tertiary/aromatic N) is 6. The first-order chi connectivity index (χ1) is 19.4. The molecule has 0 unspecified atom stereocenters. The van der Waals surface area contributed by atoms with E-state index in [9.17, 15) is 9.59 Å². The van der Waals surface area contributed by atoms with Gasteiger partial charge >= 0.3 is 6.09 Å². The molecular formula is C29H33Cl2N7O3. The van der Waals surface area contributed by atoms with Crippen LogP contribution in [0.3, 0.4) is 0 Å². The van der Waals surface area contributed by atoms with E-state index >= 15 is 0 Å². The second kappa shape index (κ2) is 11.3. The van der Waals surface area contributed by atoms with E-state index in [0.717, 1.165) is 24.1 Å². The van der Waals surface area contributed by atoms with E-state index < -0.39 is 5.60 Å². The number of hydrogen-bond donors (Lipinski definition) is 1. The van der Waals surface area contributed by atoms with Gasteiger partial charge in [0.1, 0.15) is 5.60 Å². The second-order valence-electron chi connectivity index (χ2n) is 11.5. The number of likely N-dealkylation sites (tertiary alicyclic amines) is 1. The Bertz CT molecular complexity index is 1630. The highest BCUT2D eigenvalue weighted by Gasteiger charge is 2.28. The van der Waals surface area contributed by atoms with Crippen LogP contribution in [0.2, 0.25) is 10.0 Å². The zero-order valence-corrected chi connectivity index (χ0v) is 25.2. The highest BCUT2D eigenvalue weighted by molar-refractivity contribution is 6.37. The normalized spacial score (nSPS) is 14.6. The van der Waals surface area contributed by atoms with Gasteiger partial charge in [0.2, 0.25) is 5.95 Å². The Morgan fingerprint density at radius 1 is 1.10 bits per heavy atom. The predicted molar refractivity (Wildman–Crippen MR) is 161 cm³/mol. The molecule has 1 aliphatic rings. The van der Waals surface area contributed by atoms with Crippen LogP contribution >= 0.6 is 23.2 Å². The average Bonchev–Trinajstić information content (AvgIpc) is 3.37. The van der Waals surface area contributed by atoms with E-state index in [4.69, 9.17) is 32.9 Å². The number of ether oxygens (including phenoxy) is 1. The van der Waals surface area contributed by atoms with Crippen molar-refractivity contribution in [2.75, 3.05) is 18.4 Å². The lowest BCUT2D eigenvalue weighted by atomic mass is 10.0. The standard InChI is InChI=1S/C29H33Cl2N7O3/c1-17(2)21-16-37(25-22(30)7-6-8-23(25)31)26(39)20-14-32-27(35-24(20)21)34-18-13-33-38(15-18)19-9-11-36(12-10-19)28(40)41-29(3,4)5/h6-8,13-17,19H,9-12H2,1-5H3,(H,32,34,35). The molecule has 1 fully saturated rings. The number of carbonyl (C=O) groups excluding carboxylic acids is 1. The highest BCUT2D eigenvalue weighted by Crippen LogP contribution is 2.31. The van der Waals surface area contributed by atoms with Crippen LogP contribution in [0.5, 0.6) is 0 Å². The molecule has 10 nitrogen and oxygen atoms in total. The average molecular weight is 599 g/mol. The van der Waals surface area contributed by atoms with Crippen LogP contribution < -0.4 is 10.9 Å². The maximum atomic E-state index is 13.5. The van der Waals surface area contributed by atoms with E-state index in [1.807, 2.05) is 45.5 Å². The summed E-state index contributed by atoms with van der Waals surface area (Å²) in [6.07, 6.45) is 8.15. The number of pyridine rings is 1. The van der Waals surface area contributed by atoms with Crippen LogP contribution in [-0.4, -0.2) is 54.0 Å². The molecule has 1 aliphatic heterocycles. The molecule has 0 bridgehead atoms. The van der Waals surface area contributed by atoms with Crippen LogP contribution in [0.1, 0.15) is 65.0 Å². The number of carbonyl (C=O) groups is 1. The smallest absolute Gasteiger partial charge is 0.410 e. The third-order valence-corrected chi connectivity index (χ3v) is 7.54. The van der Waals surface area contributed by atoms with Crippen molar-refractivity contribution in [1.29, 1.82) is 0 Å². The lowest BCUT2D eigenvalue weighted by molar-refractivity contribution is 0.0185. The molecule has 4 aromatic rings. The van der Waals surface area contributed by atoms with Crippen molar-refractivity contribution >= 4 is 51.8 Å². The van der Waals surface area contributed by atoms with Crippen molar-refractivity contribution in [2.24, 2.45) is 0 Å². The summed E-state index contributed by atoms with van der Waals surface area (Å²) in [4.78, 5) is 36.8. The summed E-state index contributed by atoms with van der Waals surface area (Å²) >= 11 is 12.8. The molecule has 0 radical (unpaired) electrons. The summed E-state index contributed by atoms with van der Waals surface area (Å²) in [7, 11) is 0. The van der Waals surface area contributed by atoms with E-state index in [1.165, 1.54) is 10.8 Å². The van der Waals surface area contributed by atoms with E-state index in [2.05, 4.69) is 15.4 Å². The summed E-state index contributed by atoms with van der Waals surface area (Å²) < 4.78 is 8.87. The molecule has 4 heterocycles. The summed E-state index contributed by atoms with van der Waals surface area (Å²) in [5.41, 5.74) is 1.74. The first kappa shape index (κ1) is 28.9. The van der Waals surface area contributed by atoms with Gasteiger partial charge in [0.05, 0.1) is 44.6 Å². The topological polar surface area (TPSA) is 107 Å². The van der Waals surface area contributed by atoms with Crippen LogP contribution in [0.4, 0.5) is 16.4 Å². The summed E-state index contributed by atoms with van der Waals surface area (Å²) in [5, 5.41) is 8.87. The van der Waals surface area contributed by atoms with Gasteiger partial charge in [-0.25, -0.2) is 14.8 Å². The minimum absolute atomic E-state index is 0.0580. The summed E-state index contributed by atoms with van der Waals surface area (Å²) in [5.74, 6) is 0.411. The minimum atomic E-state index is -0.517. The van der Waals surface area contributed by atoms with Crippen molar-refractivity contribution in [2.45, 2.75) is 65.0 Å². The molecule has 0 atom stereocenters. The van der Waals surface area contributed by atoms with Crippen molar-refractivity contribution in [3.63, 3.8) is 0 Å². The van der Waals surface area contributed by atoms with Gasteiger partial charge in [-0.2, -0.15) is 5.10 Å². The van der Waals surface area contributed by atoms with Gasteiger partial charge < -0.3 is 15.0 Å². The van der Waals surface area contributed by atoms with Crippen LogP contribution in [-0.2, 0) is 4.74 Å². The first-order valence-electron chi connectivity index (χ1n) is 13.6. The number of benzene rings is 1. The highest BCUT2D eigenvalue weighted by atomic mass is 35.5. The van der Waals surface area contributed by atoms with E-state index in [-0.39, 0.29) is 23.6 Å². The number of para-hydroxylation sites is 1. The van der Waals surface area contributed by atoms with Gasteiger partial charge in [0.15, 0.2) is 0 Å². The number of piperidine rings is 1. The first-order valence-corrected chi connectivity index (χ1v) is 14.3. The Kier molecular flexibility index (Phi) is 7.98. The minimum Gasteiger partial charge on any atom is -0.444 e. The van der Waals surface area contributed by atoms with Gasteiger partial charge in [-0.05, 0) is 57.2 Å². The Labute approximate surface area is 248 Å². The van der Waals surface area contributed by atoms with Gasteiger partial charge in [-0.3, -0.25) is 14.0 Å². The maximum absolute atomic E-state index is 13.5. The third-order valence-electron chi connectivity index (χ3n) is 6.93. The number of amides is 1. The summed E-state index contributed by atoms with van der Waals surface area (Å²) in [6.45, 7) is 10.9. The number of hydrogen-bond acceptors (Lipinski definition) is 7. The molecule has 12 heteroatoms. The SMILES string of the molecule is CC(C)c1cn(-c2c(Cl)cccc2Cl)c(=O)c2cnc(Nc3cnn(C4CCN(C(=O)OC(C)(C)C)CC4)c3)nc12. The molecule has 5 rings (SSSR count). The summed E-state index contributed by atoms with van der Waals surface area (Å²) in [6, 6.07) is 5.29.